The van der Waals surface area contributed by atoms with E-state index in [4.69, 9.17) is 17.3 Å². The molecule has 0 aliphatic rings. The van der Waals surface area contributed by atoms with Crippen molar-refractivity contribution in [3.8, 4) is 5.69 Å². The normalized spacial score (nSPS) is 10.5. The van der Waals surface area contributed by atoms with E-state index in [0.29, 0.717) is 10.7 Å². The molecule has 3 aromatic rings. The van der Waals surface area contributed by atoms with Gasteiger partial charge in [0.1, 0.15) is 5.82 Å². The largest absolute Gasteiger partial charge is 0.478 e. The summed E-state index contributed by atoms with van der Waals surface area (Å²) in [5.41, 5.74) is 6.23. The number of carboxylic acids is 1. The van der Waals surface area contributed by atoms with Gasteiger partial charge in [-0.15, -0.1) is 0 Å². The van der Waals surface area contributed by atoms with Crippen LogP contribution in [0.1, 0.15) is 10.4 Å². The van der Waals surface area contributed by atoms with Gasteiger partial charge in [-0.1, -0.05) is 35.5 Å². The van der Waals surface area contributed by atoms with E-state index < -0.39 is 17.4 Å². The molecule has 1 aromatic heterocycles. The second kappa shape index (κ2) is 8.80. The van der Waals surface area contributed by atoms with Crippen LogP contribution in [0.4, 0.5) is 11.5 Å². The van der Waals surface area contributed by atoms with Gasteiger partial charge in [0.2, 0.25) is 5.91 Å². The lowest BCUT2D eigenvalue weighted by atomic mass is 10.2. The maximum absolute atomic E-state index is 12.3. The SMILES string of the molecule is Nc1cc(=O)nc(SCC(=O)Nc2ccccc2C(=O)O)n1-c1ccc(Cl)cc1. The maximum Gasteiger partial charge on any atom is 0.337 e. The van der Waals surface area contributed by atoms with Gasteiger partial charge in [0.25, 0.3) is 5.56 Å². The van der Waals surface area contributed by atoms with E-state index in [9.17, 15) is 19.5 Å². The number of hydrogen-bond acceptors (Lipinski definition) is 6. The van der Waals surface area contributed by atoms with Crippen molar-refractivity contribution in [2.45, 2.75) is 5.16 Å². The Bertz CT molecular complexity index is 1130. The van der Waals surface area contributed by atoms with E-state index in [2.05, 4.69) is 10.3 Å². The highest BCUT2D eigenvalue weighted by atomic mass is 35.5. The van der Waals surface area contributed by atoms with Gasteiger partial charge in [-0.25, -0.2) is 4.79 Å². The molecule has 0 aliphatic heterocycles. The Labute approximate surface area is 174 Å². The lowest BCUT2D eigenvalue weighted by molar-refractivity contribution is -0.113. The van der Waals surface area contributed by atoms with Crippen molar-refractivity contribution in [2.75, 3.05) is 16.8 Å². The van der Waals surface area contributed by atoms with Gasteiger partial charge in [0, 0.05) is 16.8 Å². The van der Waals surface area contributed by atoms with Crippen LogP contribution < -0.4 is 16.6 Å². The van der Waals surface area contributed by atoms with Crippen LogP contribution in [0.25, 0.3) is 5.69 Å². The number of nitrogens with two attached hydrogens (primary N) is 1. The van der Waals surface area contributed by atoms with Crippen LogP contribution in [0.5, 0.6) is 0 Å². The van der Waals surface area contributed by atoms with Crippen LogP contribution >= 0.6 is 23.4 Å². The number of carbonyl (C=O) groups is 2. The summed E-state index contributed by atoms with van der Waals surface area (Å²) in [6.45, 7) is 0. The minimum atomic E-state index is -1.15. The standard InChI is InChI=1S/C19H15ClN4O4S/c20-11-5-7-12(8-6-11)24-15(21)9-16(25)23-19(24)29-10-17(26)22-14-4-2-1-3-13(14)18(27)28/h1-9H,10,21H2,(H,22,26)(H,27,28). The molecule has 29 heavy (non-hydrogen) atoms. The third-order valence-corrected chi connectivity index (χ3v) is 4.97. The Morgan fingerprint density at radius 2 is 1.86 bits per heavy atom. The van der Waals surface area contributed by atoms with E-state index in [-0.39, 0.29) is 28.0 Å². The Hall–Kier alpha value is -3.30. The molecule has 0 bridgehead atoms. The number of nitrogen functional groups attached to an aromatic ring is 1. The third kappa shape index (κ3) is 4.95. The molecule has 0 spiro atoms. The van der Waals surface area contributed by atoms with Crippen molar-refractivity contribution < 1.29 is 14.7 Å². The summed E-state index contributed by atoms with van der Waals surface area (Å²) < 4.78 is 1.53. The number of amides is 1. The molecule has 10 heteroatoms. The lowest BCUT2D eigenvalue weighted by Gasteiger charge is -2.15. The summed E-state index contributed by atoms with van der Waals surface area (Å²) >= 11 is 6.91. The fourth-order valence-electron chi connectivity index (χ4n) is 2.52. The summed E-state index contributed by atoms with van der Waals surface area (Å²) in [7, 11) is 0. The van der Waals surface area contributed by atoms with Crippen LogP contribution in [-0.2, 0) is 4.79 Å². The Morgan fingerprint density at radius 3 is 2.55 bits per heavy atom. The molecule has 1 amide bonds. The van der Waals surface area contributed by atoms with Crippen LogP contribution in [0.3, 0.4) is 0 Å². The van der Waals surface area contributed by atoms with Crippen molar-refractivity contribution in [2.24, 2.45) is 0 Å². The number of carboxylic acid groups (broad SMARTS) is 1. The zero-order valence-electron chi connectivity index (χ0n) is 14.8. The van der Waals surface area contributed by atoms with E-state index in [1.54, 1.807) is 36.4 Å². The topological polar surface area (TPSA) is 127 Å². The molecule has 0 saturated heterocycles. The first-order chi connectivity index (χ1) is 13.8. The van der Waals surface area contributed by atoms with Gasteiger partial charge in [-0.05, 0) is 36.4 Å². The molecule has 0 saturated carbocycles. The number of benzene rings is 2. The number of halogens is 1. The Morgan fingerprint density at radius 1 is 1.17 bits per heavy atom. The quantitative estimate of drug-likeness (QED) is 0.405. The lowest BCUT2D eigenvalue weighted by Crippen LogP contribution is -2.20. The minimum absolute atomic E-state index is 0.0222. The number of rotatable bonds is 6. The summed E-state index contributed by atoms with van der Waals surface area (Å²) in [6.07, 6.45) is 0. The number of nitrogens with zero attached hydrogens (tertiary/aromatic N) is 2. The van der Waals surface area contributed by atoms with Crippen LogP contribution in [0, 0.1) is 0 Å². The van der Waals surface area contributed by atoms with Gasteiger partial charge >= 0.3 is 5.97 Å². The summed E-state index contributed by atoms with van der Waals surface area (Å²) in [4.78, 5) is 39.3. The average Bonchev–Trinajstić information content (AvgIpc) is 2.67. The maximum atomic E-state index is 12.3. The number of hydrogen-bond donors (Lipinski definition) is 3. The molecule has 148 valence electrons. The molecule has 1 heterocycles. The monoisotopic (exact) mass is 430 g/mol. The number of thioether (sulfide) groups is 1. The van der Waals surface area contributed by atoms with Crippen molar-refractivity contribution in [1.29, 1.82) is 0 Å². The summed E-state index contributed by atoms with van der Waals surface area (Å²) in [6, 6.07) is 14.0. The zero-order chi connectivity index (χ0) is 21.0. The molecular weight excluding hydrogens is 416 g/mol. The fraction of sp³-hybridized carbons (Fsp3) is 0.0526. The predicted octanol–water partition coefficient (Wildman–Crippen LogP) is 2.90. The molecule has 3 rings (SSSR count). The molecule has 0 radical (unpaired) electrons. The highest BCUT2D eigenvalue weighted by Gasteiger charge is 2.15. The van der Waals surface area contributed by atoms with Crippen molar-refractivity contribution >= 4 is 46.7 Å². The second-order valence-electron chi connectivity index (χ2n) is 5.80. The first-order valence-corrected chi connectivity index (χ1v) is 9.62. The molecule has 0 atom stereocenters. The van der Waals surface area contributed by atoms with Crippen molar-refractivity contribution in [3.63, 3.8) is 0 Å². The minimum Gasteiger partial charge on any atom is -0.478 e. The van der Waals surface area contributed by atoms with Gasteiger partial charge in [0.15, 0.2) is 5.16 Å². The van der Waals surface area contributed by atoms with Crippen LogP contribution in [-0.4, -0.2) is 32.3 Å². The van der Waals surface area contributed by atoms with Crippen LogP contribution in [0.2, 0.25) is 5.02 Å². The van der Waals surface area contributed by atoms with Gasteiger partial charge in [-0.3, -0.25) is 14.2 Å². The van der Waals surface area contributed by atoms with Gasteiger partial charge in [0.05, 0.1) is 17.0 Å². The summed E-state index contributed by atoms with van der Waals surface area (Å²) in [5, 5.41) is 12.5. The highest BCUT2D eigenvalue weighted by molar-refractivity contribution is 7.99. The Balaban J connectivity index is 1.82. The molecule has 0 fully saturated rings. The number of carbonyl (C=O) groups excluding carboxylic acids is 1. The summed E-state index contributed by atoms with van der Waals surface area (Å²) in [5.74, 6) is -1.56. The number of anilines is 2. The third-order valence-electron chi connectivity index (χ3n) is 3.78. The van der Waals surface area contributed by atoms with Crippen LogP contribution in [0.15, 0.2) is 64.5 Å². The fourth-order valence-corrected chi connectivity index (χ4v) is 3.47. The molecule has 0 aliphatic carbocycles. The Kier molecular flexibility index (Phi) is 6.20. The second-order valence-corrected chi connectivity index (χ2v) is 7.18. The zero-order valence-corrected chi connectivity index (χ0v) is 16.4. The van der Waals surface area contributed by atoms with E-state index >= 15 is 0 Å². The first-order valence-electron chi connectivity index (χ1n) is 8.25. The highest BCUT2D eigenvalue weighted by Crippen LogP contribution is 2.24. The number of aromatic carboxylic acids is 1. The first kappa shape index (κ1) is 20.4. The van der Waals surface area contributed by atoms with Gasteiger partial charge in [-0.2, -0.15) is 4.98 Å². The van der Waals surface area contributed by atoms with E-state index in [1.165, 1.54) is 22.8 Å². The predicted molar refractivity (Wildman–Crippen MR) is 112 cm³/mol. The number of para-hydroxylation sites is 1. The van der Waals surface area contributed by atoms with Crippen molar-refractivity contribution in [3.05, 3.63) is 75.5 Å². The molecule has 2 aromatic carbocycles. The van der Waals surface area contributed by atoms with E-state index in [1.807, 2.05) is 0 Å². The average molecular weight is 431 g/mol. The van der Waals surface area contributed by atoms with E-state index in [0.717, 1.165) is 11.8 Å². The molecular formula is C19H15ClN4O4S. The number of aromatic nitrogens is 2. The van der Waals surface area contributed by atoms with Crippen molar-refractivity contribution in [1.82, 2.24) is 9.55 Å². The smallest absolute Gasteiger partial charge is 0.337 e. The number of nitrogens with one attached hydrogen (secondary N) is 1. The molecule has 4 N–H and O–H groups in total. The molecule has 0 unspecified atom stereocenters. The molecule has 8 nitrogen and oxygen atoms in total. The van der Waals surface area contributed by atoms with Gasteiger partial charge < -0.3 is 16.2 Å².